The summed E-state index contributed by atoms with van der Waals surface area (Å²) in [6, 6.07) is 5.99. The summed E-state index contributed by atoms with van der Waals surface area (Å²) in [5.74, 6) is -3.57. The summed E-state index contributed by atoms with van der Waals surface area (Å²) in [7, 11) is 0. The Kier molecular flexibility index (Phi) is 4.47. The highest BCUT2D eigenvalue weighted by molar-refractivity contribution is 5.94. The molecule has 4 rings (SSSR count). The van der Waals surface area contributed by atoms with E-state index in [2.05, 4.69) is 15.2 Å². The Morgan fingerprint density at radius 2 is 1.93 bits per heavy atom. The number of aryl methyl sites for hydroxylation is 1. The zero-order chi connectivity index (χ0) is 19.9. The summed E-state index contributed by atoms with van der Waals surface area (Å²) in [6.07, 6.45) is 1.02. The third kappa shape index (κ3) is 3.18. The maximum Gasteiger partial charge on any atom is 0.258 e. The lowest BCUT2D eigenvalue weighted by Gasteiger charge is -2.45. The van der Waals surface area contributed by atoms with Gasteiger partial charge in [0, 0.05) is 50.4 Å². The standard InChI is InChI=1S/C19H20F3N5O/c1-13-2-3-16(25-24-13)26-8-5-18(11-26)12-27(9-6-19(18,21)22)17(28)14-4-7-23-15(20)10-14/h2-4,7,10H,5-6,8-9,11-12H2,1H3. The van der Waals surface area contributed by atoms with Crippen LogP contribution in [0.1, 0.15) is 28.9 Å². The highest BCUT2D eigenvalue weighted by Crippen LogP contribution is 2.50. The van der Waals surface area contributed by atoms with Crippen LogP contribution in [0.2, 0.25) is 0 Å². The van der Waals surface area contributed by atoms with Gasteiger partial charge in [0.2, 0.25) is 5.95 Å². The average Bonchev–Trinajstić information content (AvgIpc) is 3.10. The van der Waals surface area contributed by atoms with E-state index in [0.717, 1.165) is 11.8 Å². The number of carbonyl (C=O) groups excluding carboxylic acids is 1. The topological polar surface area (TPSA) is 62.2 Å². The van der Waals surface area contributed by atoms with Gasteiger partial charge >= 0.3 is 0 Å². The molecule has 6 nitrogen and oxygen atoms in total. The summed E-state index contributed by atoms with van der Waals surface area (Å²) in [4.78, 5) is 19.4. The molecule has 0 radical (unpaired) electrons. The number of alkyl halides is 2. The lowest BCUT2D eigenvalue weighted by atomic mass is 9.75. The van der Waals surface area contributed by atoms with Crippen LogP contribution >= 0.6 is 0 Å². The van der Waals surface area contributed by atoms with E-state index in [1.54, 1.807) is 17.0 Å². The molecule has 148 valence electrons. The quantitative estimate of drug-likeness (QED) is 0.737. The van der Waals surface area contributed by atoms with Crippen molar-refractivity contribution in [2.24, 2.45) is 5.41 Å². The highest BCUT2D eigenvalue weighted by atomic mass is 19.3. The summed E-state index contributed by atoms with van der Waals surface area (Å²) in [6.45, 7) is 2.16. The summed E-state index contributed by atoms with van der Waals surface area (Å²) < 4.78 is 43.3. The number of anilines is 1. The van der Waals surface area contributed by atoms with Gasteiger partial charge in [0.25, 0.3) is 11.8 Å². The van der Waals surface area contributed by atoms with Crippen molar-refractivity contribution < 1.29 is 18.0 Å². The number of hydrogen-bond donors (Lipinski definition) is 0. The van der Waals surface area contributed by atoms with E-state index < -0.39 is 29.6 Å². The van der Waals surface area contributed by atoms with Crippen molar-refractivity contribution in [1.82, 2.24) is 20.1 Å². The number of pyridine rings is 1. The minimum Gasteiger partial charge on any atom is -0.354 e. The van der Waals surface area contributed by atoms with E-state index in [9.17, 15) is 18.0 Å². The number of likely N-dealkylation sites (tertiary alicyclic amines) is 1. The van der Waals surface area contributed by atoms with Gasteiger partial charge in [-0.1, -0.05) is 0 Å². The van der Waals surface area contributed by atoms with Crippen LogP contribution in [-0.2, 0) is 0 Å². The van der Waals surface area contributed by atoms with Crippen molar-refractivity contribution >= 4 is 11.7 Å². The first-order chi connectivity index (χ1) is 13.3. The number of nitrogens with zero attached hydrogens (tertiary/aromatic N) is 5. The molecule has 9 heteroatoms. The maximum atomic E-state index is 15.0. The minimum absolute atomic E-state index is 0.0676. The molecule has 0 saturated carbocycles. The highest BCUT2D eigenvalue weighted by Gasteiger charge is 2.60. The van der Waals surface area contributed by atoms with E-state index in [4.69, 9.17) is 0 Å². The van der Waals surface area contributed by atoms with Crippen molar-refractivity contribution in [2.45, 2.75) is 25.7 Å². The van der Waals surface area contributed by atoms with Crippen LogP contribution in [0.4, 0.5) is 19.0 Å². The van der Waals surface area contributed by atoms with Crippen LogP contribution < -0.4 is 4.90 Å². The number of aromatic nitrogens is 3. The number of carbonyl (C=O) groups is 1. The van der Waals surface area contributed by atoms with Crippen molar-refractivity contribution in [3.8, 4) is 0 Å². The summed E-state index contributed by atoms with van der Waals surface area (Å²) >= 11 is 0. The maximum absolute atomic E-state index is 15.0. The normalized spacial score (nSPS) is 24.0. The zero-order valence-corrected chi connectivity index (χ0v) is 15.4. The molecule has 1 amide bonds. The van der Waals surface area contributed by atoms with E-state index in [0.29, 0.717) is 12.4 Å². The summed E-state index contributed by atoms with van der Waals surface area (Å²) in [5, 5.41) is 8.10. The molecule has 0 N–H and O–H groups in total. The van der Waals surface area contributed by atoms with Crippen molar-refractivity contribution in [1.29, 1.82) is 0 Å². The van der Waals surface area contributed by atoms with E-state index in [1.807, 2.05) is 6.92 Å². The van der Waals surface area contributed by atoms with Crippen LogP contribution in [0, 0.1) is 18.3 Å². The van der Waals surface area contributed by atoms with Gasteiger partial charge < -0.3 is 9.80 Å². The monoisotopic (exact) mass is 391 g/mol. The van der Waals surface area contributed by atoms with Gasteiger partial charge in [-0.3, -0.25) is 4.79 Å². The second-order valence-corrected chi connectivity index (χ2v) is 7.53. The Morgan fingerprint density at radius 3 is 2.64 bits per heavy atom. The molecule has 1 unspecified atom stereocenters. The Balaban J connectivity index is 1.57. The fraction of sp³-hybridized carbons (Fsp3) is 0.474. The van der Waals surface area contributed by atoms with Crippen LogP contribution in [0.5, 0.6) is 0 Å². The van der Waals surface area contributed by atoms with Gasteiger partial charge in [0.05, 0.1) is 11.1 Å². The largest absolute Gasteiger partial charge is 0.354 e. The molecular formula is C19H20F3N5O. The molecule has 0 bridgehead atoms. The van der Waals surface area contributed by atoms with Gasteiger partial charge in [-0.25, -0.2) is 13.8 Å². The molecule has 2 aromatic rings. The van der Waals surface area contributed by atoms with Crippen molar-refractivity contribution in [2.75, 3.05) is 31.1 Å². The first-order valence-corrected chi connectivity index (χ1v) is 9.14. The average molecular weight is 391 g/mol. The first kappa shape index (κ1) is 18.6. The van der Waals surface area contributed by atoms with Gasteiger partial charge in [0.1, 0.15) is 0 Å². The molecular weight excluding hydrogens is 371 g/mol. The van der Waals surface area contributed by atoms with Crippen LogP contribution in [0.3, 0.4) is 0 Å². The molecule has 1 atom stereocenters. The van der Waals surface area contributed by atoms with Crippen LogP contribution in [0.15, 0.2) is 30.5 Å². The molecule has 28 heavy (non-hydrogen) atoms. The number of halogens is 3. The molecule has 2 aromatic heterocycles. The molecule has 0 aliphatic carbocycles. The third-order valence-electron chi connectivity index (χ3n) is 5.69. The Morgan fingerprint density at radius 1 is 1.11 bits per heavy atom. The first-order valence-electron chi connectivity index (χ1n) is 9.14. The SMILES string of the molecule is Cc1ccc(N2CCC3(CN(C(=O)c4ccnc(F)c4)CCC3(F)F)C2)nn1. The van der Waals surface area contributed by atoms with E-state index in [-0.39, 0.29) is 31.6 Å². The van der Waals surface area contributed by atoms with Crippen LogP contribution in [0.25, 0.3) is 0 Å². The van der Waals surface area contributed by atoms with E-state index in [1.165, 1.54) is 17.2 Å². The van der Waals surface area contributed by atoms with Gasteiger partial charge in [0.15, 0.2) is 5.82 Å². The zero-order valence-electron chi connectivity index (χ0n) is 15.4. The van der Waals surface area contributed by atoms with Gasteiger partial charge in [-0.05, 0) is 31.5 Å². The fourth-order valence-corrected chi connectivity index (χ4v) is 4.05. The number of rotatable bonds is 2. The lowest BCUT2D eigenvalue weighted by Crippen LogP contribution is -2.58. The van der Waals surface area contributed by atoms with Gasteiger partial charge in [-0.15, -0.1) is 5.10 Å². The number of piperidine rings is 1. The summed E-state index contributed by atoms with van der Waals surface area (Å²) in [5.41, 5.74) is -0.492. The fourth-order valence-electron chi connectivity index (χ4n) is 4.05. The Labute approximate surface area is 160 Å². The predicted octanol–water partition coefficient (Wildman–Crippen LogP) is 2.70. The molecule has 2 aliphatic heterocycles. The second-order valence-electron chi connectivity index (χ2n) is 7.53. The Hall–Kier alpha value is -2.71. The molecule has 2 aliphatic rings. The van der Waals surface area contributed by atoms with Crippen molar-refractivity contribution in [3.63, 3.8) is 0 Å². The smallest absolute Gasteiger partial charge is 0.258 e. The van der Waals surface area contributed by atoms with Crippen LogP contribution in [-0.4, -0.2) is 58.1 Å². The third-order valence-corrected chi connectivity index (χ3v) is 5.69. The predicted molar refractivity (Wildman–Crippen MR) is 95.7 cm³/mol. The molecule has 1 spiro atoms. The molecule has 2 saturated heterocycles. The van der Waals surface area contributed by atoms with E-state index >= 15 is 0 Å². The molecule has 4 heterocycles. The molecule has 0 aromatic carbocycles. The number of hydrogen-bond acceptors (Lipinski definition) is 5. The molecule has 2 fully saturated rings. The minimum atomic E-state index is -2.90. The van der Waals surface area contributed by atoms with Gasteiger partial charge in [-0.2, -0.15) is 9.49 Å². The van der Waals surface area contributed by atoms with Crippen molar-refractivity contribution in [3.05, 3.63) is 47.7 Å². The Bertz CT molecular complexity index is 891. The lowest BCUT2D eigenvalue weighted by molar-refractivity contribution is -0.150. The second kappa shape index (κ2) is 6.72. The number of amides is 1.